The summed E-state index contributed by atoms with van der Waals surface area (Å²) in [5.74, 6) is -1.07. The summed E-state index contributed by atoms with van der Waals surface area (Å²) in [6.45, 7) is 3.15. The van der Waals surface area contributed by atoms with Crippen molar-refractivity contribution in [3.63, 3.8) is 0 Å². The summed E-state index contributed by atoms with van der Waals surface area (Å²) in [6.07, 6.45) is 0. The van der Waals surface area contributed by atoms with E-state index in [-0.39, 0.29) is 28.1 Å². The van der Waals surface area contributed by atoms with Gasteiger partial charge in [0.2, 0.25) is 5.43 Å². The predicted molar refractivity (Wildman–Crippen MR) is 82.6 cm³/mol. The van der Waals surface area contributed by atoms with Gasteiger partial charge in [-0.2, -0.15) is 0 Å². The highest BCUT2D eigenvalue weighted by molar-refractivity contribution is 6.00. The maximum Gasteiger partial charge on any atom is 0.204 e. The monoisotopic (exact) mass is 296 g/mol. The van der Waals surface area contributed by atoms with Gasteiger partial charge in [0.1, 0.15) is 16.8 Å². The Balaban J connectivity index is 2.53. The van der Waals surface area contributed by atoms with E-state index in [9.17, 15) is 14.0 Å². The molecular weight excluding hydrogens is 283 g/mol. The van der Waals surface area contributed by atoms with E-state index >= 15 is 0 Å². The summed E-state index contributed by atoms with van der Waals surface area (Å²) in [4.78, 5) is 24.7. The summed E-state index contributed by atoms with van der Waals surface area (Å²) in [7, 11) is 0. The molecular formula is C18H13FO3. The Morgan fingerprint density at radius 3 is 2.50 bits per heavy atom. The van der Waals surface area contributed by atoms with E-state index in [0.717, 1.165) is 5.56 Å². The Hall–Kier alpha value is -2.75. The molecule has 2 aromatic carbocycles. The molecule has 0 fully saturated rings. The van der Waals surface area contributed by atoms with Crippen LogP contribution in [0.3, 0.4) is 0 Å². The van der Waals surface area contributed by atoms with Crippen LogP contribution in [0.2, 0.25) is 0 Å². The van der Waals surface area contributed by atoms with Crippen molar-refractivity contribution in [2.75, 3.05) is 0 Å². The van der Waals surface area contributed by atoms with Crippen molar-refractivity contribution in [1.29, 1.82) is 0 Å². The standard InChI is InChI=1S/C18H13FO3/c1-10-6-3-4-7-12(10)15-17(21)16-13(19)8-5-9-14(16)22-18(15)11(2)20/h3-9H,1-2H3. The van der Waals surface area contributed by atoms with Gasteiger partial charge in [0.05, 0.1) is 5.56 Å². The second kappa shape index (κ2) is 5.22. The molecule has 0 aliphatic carbocycles. The van der Waals surface area contributed by atoms with E-state index in [1.807, 2.05) is 19.1 Å². The van der Waals surface area contributed by atoms with Crippen LogP contribution in [0.25, 0.3) is 22.1 Å². The van der Waals surface area contributed by atoms with Gasteiger partial charge in [-0.3, -0.25) is 9.59 Å². The van der Waals surface area contributed by atoms with Crippen LogP contribution in [0.15, 0.2) is 51.7 Å². The van der Waals surface area contributed by atoms with Crippen LogP contribution < -0.4 is 5.43 Å². The minimum atomic E-state index is -0.656. The van der Waals surface area contributed by atoms with Crippen LogP contribution in [0, 0.1) is 12.7 Å². The maximum absolute atomic E-state index is 14.0. The molecule has 4 heteroatoms. The van der Waals surface area contributed by atoms with E-state index in [1.165, 1.54) is 25.1 Å². The minimum absolute atomic E-state index is 0.0441. The number of fused-ring (bicyclic) bond motifs is 1. The molecule has 0 aliphatic rings. The molecule has 22 heavy (non-hydrogen) atoms. The fourth-order valence-corrected chi connectivity index (χ4v) is 2.54. The average molecular weight is 296 g/mol. The van der Waals surface area contributed by atoms with Crippen LogP contribution in [-0.4, -0.2) is 5.78 Å². The molecule has 0 radical (unpaired) electrons. The highest BCUT2D eigenvalue weighted by Gasteiger charge is 2.21. The van der Waals surface area contributed by atoms with Crippen molar-refractivity contribution in [2.45, 2.75) is 13.8 Å². The maximum atomic E-state index is 14.0. The summed E-state index contributed by atoms with van der Waals surface area (Å²) < 4.78 is 19.6. The average Bonchev–Trinajstić information content (AvgIpc) is 2.48. The van der Waals surface area contributed by atoms with Gasteiger partial charge in [-0.05, 0) is 30.2 Å². The molecule has 0 saturated carbocycles. The second-order valence-electron chi connectivity index (χ2n) is 5.12. The first-order valence-corrected chi connectivity index (χ1v) is 6.83. The SMILES string of the molecule is CC(=O)c1oc2cccc(F)c2c(=O)c1-c1ccccc1C. The Kier molecular flexibility index (Phi) is 3.37. The Bertz CT molecular complexity index is 954. The zero-order valence-electron chi connectivity index (χ0n) is 12.1. The number of hydrogen-bond donors (Lipinski definition) is 0. The summed E-state index contributed by atoms with van der Waals surface area (Å²) in [6, 6.07) is 11.3. The van der Waals surface area contributed by atoms with Crippen LogP contribution in [0.1, 0.15) is 23.0 Å². The van der Waals surface area contributed by atoms with Gasteiger partial charge in [0.15, 0.2) is 11.5 Å². The number of Topliss-reactive ketones (excluding diaryl/α,β-unsaturated/α-hetero) is 1. The number of carbonyl (C=O) groups is 1. The molecule has 1 aromatic heterocycles. The number of hydrogen-bond acceptors (Lipinski definition) is 3. The fourth-order valence-electron chi connectivity index (χ4n) is 2.54. The number of ketones is 1. The van der Waals surface area contributed by atoms with Gasteiger partial charge in [0.25, 0.3) is 0 Å². The van der Waals surface area contributed by atoms with E-state index in [1.54, 1.807) is 12.1 Å². The van der Waals surface area contributed by atoms with E-state index < -0.39 is 11.2 Å². The third-order valence-electron chi connectivity index (χ3n) is 3.60. The molecule has 0 bridgehead atoms. The molecule has 0 amide bonds. The highest BCUT2D eigenvalue weighted by atomic mass is 19.1. The predicted octanol–water partition coefficient (Wildman–Crippen LogP) is 4.11. The molecule has 0 atom stereocenters. The lowest BCUT2D eigenvalue weighted by Crippen LogP contribution is -2.13. The van der Waals surface area contributed by atoms with Crippen molar-refractivity contribution < 1.29 is 13.6 Å². The fraction of sp³-hybridized carbons (Fsp3) is 0.111. The van der Waals surface area contributed by atoms with Crippen LogP contribution in [0.5, 0.6) is 0 Å². The smallest absolute Gasteiger partial charge is 0.204 e. The lowest BCUT2D eigenvalue weighted by molar-refractivity contribution is 0.0988. The zero-order chi connectivity index (χ0) is 15.9. The van der Waals surface area contributed by atoms with Crippen LogP contribution in [0.4, 0.5) is 4.39 Å². The summed E-state index contributed by atoms with van der Waals surface area (Å²) in [5, 5.41) is -0.134. The topological polar surface area (TPSA) is 47.3 Å². The third-order valence-corrected chi connectivity index (χ3v) is 3.60. The van der Waals surface area contributed by atoms with Crippen LogP contribution >= 0.6 is 0 Å². The number of benzene rings is 2. The molecule has 3 nitrogen and oxygen atoms in total. The Morgan fingerprint density at radius 2 is 1.82 bits per heavy atom. The van der Waals surface area contributed by atoms with Crippen molar-refractivity contribution >= 4 is 16.8 Å². The number of halogens is 1. The highest BCUT2D eigenvalue weighted by Crippen LogP contribution is 2.28. The van der Waals surface area contributed by atoms with Gasteiger partial charge in [-0.1, -0.05) is 30.3 Å². The van der Waals surface area contributed by atoms with E-state index in [4.69, 9.17) is 4.42 Å². The quantitative estimate of drug-likeness (QED) is 0.669. The first kappa shape index (κ1) is 14.2. The second-order valence-corrected chi connectivity index (χ2v) is 5.12. The molecule has 3 aromatic rings. The molecule has 0 spiro atoms. The number of rotatable bonds is 2. The minimum Gasteiger partial charge on any atom is -0.452 e. The lowest BCUT2D eigenvalue weighted by atomic mass is 9.97. The van der Waals surface area contributed by atoms with E-state index in [2.05, 4.69) is 0 Å². The molecule has 0 saturated heterocycles. The lowest BCUT2D eigenvalue weighted by Gasteiger charge is -2.10. The largest absolute Gasteiger partial charge is 0.452 e. The van der Waals surface area contributed by atoms with Crippen molar-refractivity contribution in [2.24, 2.45) is 0 Å². The summed E-state index contributed by atoms with van der Waals surface area (Å²) >= 11 is 0. The molecule has 3 rings (SSSR count). The van der Waals surface area contributed by atoms with Gasteiger partial charge >= 0.3 is 0 Å². The van der Waals surface area contributed by atoms with Crippen molar-refractivity contribution in [3.05, 3.63) is 69.8 Å². The third kappa shape index (κ3) is 2.13. The van der Waals surface area contributed by atoms with Gasteiger partial charge < -0.3 is 4.42 Å². The Labute approximate surface area is 126 Å². The molecule has 0 aliphatic heterocycles. The zero-order valence-corrected chi connectivity index (χ0v) is 12.1. The molecule has 0 unspecified atom stereocenters. The van der Waals surface area contributed by atoms with Gasteiger partial charge in [0, 0.05) is 6.92 Å². The first-order valence-electron chi connectivity index (χ1n) is 6.83. The molecule has 0 N–H and O–H groups in total. The van der Waals surface area contributed by atoms with Gasteiger partial charge in [-0.25, -0.2) is 4.39 Å². The van der Waals surface area contributed by atoms with Crippen LogP contribution in [-0.2, 0) is 0 Å². The van der Waals surface area contributed by atoms with Crippen molar-refractivity contribution in [3.8, 4) is 11.1 Å². The normalized spacial score (nSPS) is 10.9. The van der Waals surface area contributed by atoms with Gasteiger partial charge in [-0.15, -0.1) is 0 Å². The Morgan fingerprint density at radius 1 is 1.09 bits per heavy atom. The number of carbonyl (C=O) groups excluding carboxylic acids is 1. The first-order chi connectivity index (χ1) is 10.5. The van der Waals surface area contributed by atoms with Crippen molar-refractivity contribution in [1.82, 2.24) is 0 Å². The van der Waals surface area contributed by atoms with E-state index in [0.29, 0.717) is 5.56 Å². The molecule has 1 heterocycles. The number of aryl methyl sites for hydroxylation is 1. The summed E-state index contributed by atoms with van der Waals surface area (Å²) in [5.41, 5.74) is 1.05. The molecule has 110 valence electrons.